The van der Waals surface area contributed by atoms with Gasteiger partial charge >= 0.3 is 5.97 Å². The molecule has 2 N–H and O–H groups in total. The minimum absolute atomic E-state index is 0.279. The molecule has 0 bridgehead atoms. The quantitative estimate of drug-likeness (QED) is 0.446. The summed E-state index contributed by atoms with van der Waals surface area (Å²) < 4.78 is 0. The van der Waals surface area contributed by atoms with Gasteiger partial charge in [0.1, 0.15) is 5.75 Å². The summed E-state index contributed by atoms with van der Waals surface area (Å²) in [6.45, 7) is 6.02. The molecule has 3 aromatic rings. The number of phenolic OH excluding ortho intramolecular Hbond substituents is 1. The minimum atomic E-state index is -0.924. The fourth-order valence-corrected chi connectivity index (χ4v) is 3.60. The average molecular weight is 374 g/mol. The number of phenols is 1. The molecule has 3 rings (SSSR count). The summed E-state index contributed by atoms with van der Waals surface area (Å²) in [7, 11) is 0. The van der Waals surface area contributed by atoms with Gasteiger partial charge in [-0.15, -0.1) is 6.58 Å². The van der Waals surface area contributed by atoms with Crippen molar-refractivity contribution in [2.45, 2.75) is 32.6 Å². The molecule has 0 aliphatic rings. The molecular formula is C25H26O3. The Morgan fingerprint density at radius 2 is 1.75 bits per heavy atom. The van der Waals surface area contributed by atoms with Gasteiger partial charge in [-0.25, -0.2) is 4.79 Å². The fraction of sp³-hybridized carbons (Fsp3) is 0.240. The molecule has 0 fully saturated rings. The van der Waals surface area contributed by atoms with Crippen LogP contribution in [0.15, 0.2) is 67.3 Å². The number of carboxylic acids is 1. The number of fused-ring (bicyclic) bond motifs is 1. The van der Waals surface area contributed by atoms with Crippen LogP contribution in [0, 0.1) is 5.92 Å². The molecule has 1 unspecified atom stereocenters. The number of carbonyl (C=O) groups is 1. The molecule has 0 aliphatic heterocycles. The summed E-state index contributed by atoms with van der Waals surface area (Å²) in [5, 5.41) is 21.5. The fourth-order valence-electron chi connectivity index (χ4n) is 3.60. The van der Waals surface area contributed by atoms with Crippen molar-refractivity contribution in [1.29, 1.82) is 0 Å². The van der Waals surface area contributed by atoms with E-state index < -0.39 is 5.97 Å². The summed E-state index contributed by atoms with van der Waals surface area (Å²) in [5.41, 5.74) is 3.24. The first-order chi connectivity index (χ1) is 13.5. The second-order valence-corrected chi connectivity index (χ2v) is 7.26. The topological polar surface area (TPSA) is 57.5 Å². The van der Waals surface area contributed by atoms with E-state index in [-0.39, 0.29) is 5.56 Å². The number of benzene rings is 3. The van der Waals surface area contributed by atoms with Crippen LogP contribution in [0.1, 0.15) is 42.1 Å². The van der Waals surface area contributed by atoms with Gasteiger partial charge in [-0.05, 0) is 83.0 Å². The third-order valence-electron chi connectivity index (χ3n) is 5.40. The Kier molecular flexibility index (Phi) is 6.15. The van der Waals surface area contributed by atoms with Gasteiger partial charge in [-0.3, -0.25) is 0 Å². The van der Waals surface area contributed by atoms with Crippen molar-refractivity contribution < 1.29 is 15.0 Å². The maximum Gasteiger partial charge on any atom is 0.335 e. The van der Waals surface area contributed by atoms with Gasteiger partial charge in [0.15, 0.2) is 0 Å². The molecule has 3 heteroatoms. The largest absolute Gasteiger partial charge is 0.508 e. The summed E-state index contributed by atoms with van der Waals surface area (Å²) in [6.07, 6.45) is 5.94. The van der Waals surface area contributed by atoms with E-state index in [0.717, 1.165) is 53.1 Å². The molecule has 0 saturated carbocycles. The first kappa shape index (κ1) is 19.7. The number of rotatable bonds is 8. The predicted molar refractivity (Wildman–Crippen MR) is 115 cm³/mol. The summed E-state index contributed by atoms with van der Waals surface area (Å²) >= 11 is 0. The molecule has 0 aliphatic carbocycles. The van der Waals surface area contributed by atoms with Crippen LogP contribution in [0.3, 0.4) is 0 Å². The van der Waals surface area contributed by atoms with Gasteiger partial charge in [0.2, 0.25) is 0 Å². The Bertz CT molecular complexity index is 987. The number of aryl methyl sites for hydroxylation is 1. The Morgan fingerprint density at radius 1 is 1.04 bits per heavy atom. The van der Waals surface area contributed by atoms with E-state index in [4.69, 9.17) is 5.11 Å². The normalized spacial score (nSPS) is 12.0. The van der Waals surface area contributed by atoms with Crippen molar-refractivity contribution >= 4 is 16.7 Å². The molecule has 0 aromatic heterocycles. The summed E-state index contributed by atoms with van der Waals surface area (Å²) in [5.74, 6) is 0.0122. The van der Waals surface area contributed by atoms with E-state index in [9.17, 15) is 9.90 Å². The van der Waals surface area contributed by atoms with Crippen LogP contribution in [0.2, 0.25) is 0 Å². The van der Waals surface area contributed by atoms with Gasteiger partial charge in [0, 0.05) is 0 Å². The molecule has 0 heterocycles. The molecule has 28 heavy (non-hydrogen) atoms. The molecular weight excluding hydrogens is 348 g/mol. The van der Waals surface area contributed by atoms with Crippen LogP contribution in [0.4, 0.5) is 0 Å². The molecule has 3 nitrogen and oxygen atoms in total. The molecule has 3 aromatic carbocycles. The highest BCUT2D eigenvalue weighted by Crippen LogP contribution is 2.31. The first-order valence-corrected chi connectivity index (χ1v) is 9.72. The van der Waals surface area contributed by atoms with Crippen molar-refractivity contribution in [2.75, 3.05) is 0 Å². The molecule has 1 atom stereocenters. The third kappa shape index (κ3) is 4.42. The highest BCUT2D eigenvalue weighted by molar-refractivity contribution is 5.91. The van der Waals surface area contributed by atoms with Crippen molar-refractivity contribution in [3.63, 3.8) is 0 Å². The van der Waals surface area contributed by atoms with Crippen molar-refractivity contribution in [3.05, 3.63) is 78.4 Å². The lowest BCUT2D eigenvalue weighted by molar-refractivity contribution is 0.0697. The molecule has 0 saturated heterocycles. The zero-order valence-electron chi connectivity index (χ0n) is 16.2. The third-order valence-corrected chi connectivity index (χ3v) is 5.40. The van der Waals surface area contributed by atoms with Crippen LogP contribution in [-0.2, 0) is 6.42 Å². The van der Waals surface area contributed by atoms with E-state index in [1.807, 2.05) is 36.4 Å². The zero-order valence-corrected chi connectivity index (χ0v) is 16.2. The van der Waals surface area contributed by atoms with E-state index in [1.165, 1.54) is 0 Å². The Morgan fingerprint density at radius 3 is 2.39 bits per heavy atom. The molecule has 0 amide bonds. The predicted octanol–water partition coefficient (Wildman–Crippen LogP) is 6.45. The minimum Gasteiger partial charge on any atom is -0.508 e. The Hall–Kier alpha value is -3.07. The van der Waals surface area contributed by atoms with E-state index in [2.05, 4.69) is 25.6 Å². The maximum atomic E-state index is 11.0. The lowest BCUT2D eigenvalue weighted by atomic mass is 9.92. The highest BCUT2D eigenvalue weighted by Gasteiger charge is 2.10. The second-order valence-electron chi connectivity index (χ2n) is 7.26. The van der Waals surface area contributed by atoms with Crippen LogP contribution in [-0.4, -0.2) is 16.2 Å². The first-order valence-electron chi connectivity index (χ1n) is 9.72. The van der Waals surface area contributed by atoms with Gasteiger partial charge < -0.3 is 10.2 Å². The maximum absolute atomic E-state index is 11.0. The molecule has 144 valence electrons. The van der Waals surface area contributed by atoms with Crippen LogP contribution in [0.5, 0.6) is 5.75 Å². The molecule has 0 spiro atoms. The van der Waals surface area contributed by atoms with Crippen LogP contribution < -0.4 is 0 Å². The lowest BCUT2D eigenvalue weighted by Gasteiger charge is -2.14. The van der Waals surface area contributed by atoms with Gasteiger partial charge in [-0.1, -0.05) is 43.7 Å². The standard InChI is InChI=1S/C25H26O3/c1-3-5-17(4-2)6-7-22-15-23-14-20(12-13-21(23)16-24(22)26)18-8-10-19(11-9-18)25(27)28/h3,8-17,26H,1,4-7H2,2H3,(H,27,28). The lowest BCUT2D eigenvalue weighted by Crippen LogP contribution is -2.00. The van der Waals surface area contributed by atoms with Gasteiger partial charge in [0.05, 0.1) is 5.56 Å². The number of carboxylic acid groups (broad SMARTS) is 1. The van der Waals surface area contributed by atoms with Gasteiger partial charge in [-0.2, -0.15) is 0 Å². The van der Waals surface area contributed by atoms with E-state index >= 15 is 0 Å². The number of hydrogen-bond acceptors (Lipinski definition) is 2. The SMILES string of the molecule is C=CCC(CC)CCc1cc2cc(-c3ccc(C(=O)O)cc3)ccc2cc1O. The van der Waals surface area contributed by atoms with Crippen molar-refractivity contribution in [3.8, 4) is 16.9 Å². The molecule has 0 radical (unpaired) electrons. The average Bonchev–Trinajstić information content (AvgIpc) is 2.71. The number of allylic oxidation sites excluding steroid dienone is 1. The highest BCUT2D eigenvalue weighted by atomic mass is 16.4. The van der Waals surface area contributed by atoms with Crippen molar-refractivity contribution in [1.82, 2.24) is 0 Å². The van der Waals surface area contributed by atoms with Crippen LogP contribution in [0.25, 0.3) is 21.9 Å². The second kappa shape index (κ2) is 8.75. The number of aromatic carboxylic acids is 1. The zero-order chi connectivity index (χ0) is 20.1. The van der Waals surface area contributed by atoms with E-state index in [0.29, 0.717) is 11.7 Å². The monoisotopic (exact) mass is 374 g/mol. The summed E-state index contributed by atoms with van der Waals surface area (Å²) in [6, 6.07) is 16.9. The smallest absolute Gasteiger partial charge is 0.335 e. The number of aromatic hydroxyl groups is 1. The van der Waals surface area contributed by atoms with Crippen LogP contribution >= 0.6 is 0 Å². The number of hydrogen-bond donors (Lipinski definition) is 2. The van der Waals surface area contributed by atoms with Gasteiger partial charge in [0.25, 0.3) is 0 Å². The summed E-state index contributed by atoms with van der Waals surface area (Å²) in [4.78, 5) is 11.0. The van der Waals surface area contributed by atoms with E-state index in [1.54, 1.807) is 12.1 Å². The van der Waals surface area contributed by atoms with Crippen molar-refractivity contribution in [2.24, 2.45) is 5.92 Å². The Balaban J connectivity index is 1.89. The Labute approximate surface area is 166 Å².